The molecule has 1 amide bonds. The Kier molecular flexibility index (Phi) is 5.22. The van der Waals surface area contributed by atoms with Crippen molar-refractivity contribution >= 4 is 33.7 Å². The van der Waals surface area contributed by atoms with Gasteiger partial charge in [-0.25, -0.2) is 0 Å². The second kappa shape index (κ2) is 7.55. The summed E-state index contributed by atoms with van der Waals surface area (Å²) in [4.78, 5) is 13.0. The smallest absolute Gasteiger partial charge is 0.264 e. The molecule has 7 heteroatoms. The highest BCUT2D eigenvalue weighted by Gasteiger charge is 2.11. The Morgan fingerprint density at radius 2 is 2.12 bits per heavy atom. The molecule has 24 heavy (non-hydrogen) atoms. The third kappa shape index (κ3) is 4.18. The summed E-state index contributed by atoms with van der Waals surface area (Å²) < 4.78 is 5.56. The molecule has 3 rings (SSSR count). The monoisotopic (exact) mass is 359 g/mol. The highest BCUT2D eigenvalue weighted by Crippen LogP contribution is 2.29. The van der Waals surface area contributed by atoms with E-state index in [9.17, 15) is 4.79 Å². The van der Waals surface area contributed by atoms with Gasteiger partial charge in [0.05, 0.1) is 4.88 Å². The minimum Gasteiger partial charge on any atom is -0.484 e. The van der Waals surface area contributed by atoms with Gasteiger partial charge in [-0.05, 0) is 35.1 Å². The first-order valence-corrected chi connectivity index (χ1v) is 9.21. The number of hydrogen-bond donors (Lipinski definition) is 1. The summed E-state index contributed by atoms with van der Waals surface area (Å²) in [7, 11) is 0. The number of benzene rings is 1. The zero-order valence-electron chi connectivity index (χ0n) is 13.4. The van der Waals surface area contributed by atoms with Crippen molar-refractivity contribution in [2.24, 2.45) is 0 Å². The van der Waals surface area contributed by atoms with Crippen molar-refractivity contribution in [1.29, 1.82) is 0 Å². The van der Waals surface area contributed by atoms with Gasteiger partial charge in [-0.15, -0.1) is 21.5 Å². The van der Waals surface area contributed by atoms with Gasteiger partial charge in [-0.1, -0.05) is 43.4 Å². The van der Waals surface area contributed by atoms with Crippen LogP contribution in [-0.2, 0) is 4.79 Å². The van der Waals surface area contributed by atoms with Crippen LogP contribution in [0.4, 0.5) is 5.13 Å². The van der Waals surface area contributed by atoms with Crippen molar-refractivity contribution in [2.45, 2.75) is 19.8 Å². The normalized spacial score (nSPS) is 10.8. The van der Waals surface area contributed by atoms with E-state index in [-0.39, 0.29) is 12.5 Å². The zero-order valence-corrected chi connectivity index (χ0v) is 15.0. The SMILES string of the molecule is CC(C)c1cccc(OCC(=O)Nc2nnc(-c3cccs3)s2)c1. The molecule has 0 saturated carbocycles. The van der Waals surface area contributed by atoms with Crippen molar-refractivity contribution < 1.29 is 9.53 Å². The number of ether oxygens (including phenoxy) is 1. The van der Waals surface area contributed by atoms with Crippen LogP contribution in [0.1, 0.15) is 25.3 Å². The molecule has 5 nitrogen and oxygen atoms in total. The highest BCUT2D eigenvalue weighted by atomic mass is 32.1. The highest BCUT2D eigenvalue weighted by molar-refractivity contribution is 7.23. The molecule has 2 heterocycles. The van der Waals surface area contributed by atoms with Crippen molar-refractivity contribution in [3.8, 4) is 15.6 Å². The fraction of sp³-hybridized carbons (Fsp3) is 0.235. The summed E-state index contributed by atoms with van der Waals surface area (Å²) in [6.07, 6.45) is 0. The van der Waals surface area contributed by atoms with E-state index in [1.54, 1.807) is 11.3 Å². The lowest BCUT2D eigenvalue weighted by Crippen LogP contribution is -2.20. The van der Waals surface area contributed by atoms with Crippen LogP contribution < -0.4 is 10.1 Å². The molecule has 3 aromatic rings. The third-order valence-corrected chi connectivity index (χ3v) is 5.18. The molecule has 0 saturated heterocycles. The van der Waals surface area contributed by atoms with Crippen molar-refractivity contribution in [3.63, 3.8) is 0 Å². The van der Waals surface area contributed by atoms with Crippen molar-refractivity contribution in [3.05, 3.63) is 47.3 Å². The molecule has 0 unspecified atom stereocenters. The Labute approximate surface area is 148 Å². The van der Waals surface area contributed by atoms with E-state index in [1.807, 2.05) is 41.8 Å². The standard InChI is InChI=1S/C17H17N3O2S2/c1-11(2)12-5-3-6-13(9-12)22-10-15(21)18-17-20-19-16(24-17)14-7-4-8-23-14/h3-9,11H,10H2,1-2H3,(H,18,20,21). The quantitative estimate of drug-likeness (QED) is 0.708. The molecular weight excluding hydrogens is 342 g/mol. The zero-order chi connectivity index (χ0) is 16.9. The van der Waals surface area contributed by atoms with Gasteiger partial charge in [0.2, 0.25) is 5.13 Å². The molecule has 124 valence electrons. The van der Waals surface area contributed by atoms with Crippen LogP contribution >= 0.6 is 22.7 Å². The molecule has 0 atom stereocenters. The maximum atomic E-state index is 12.0. The number of nitrogens with zero attached hydrogens (tertiary/aromatic N) is 2. The second-order valence-electron chi connectivity index (χ2n) is 5.45. The van der Waals surface area contributed by atoms with Crippen molar-refractivity contribution in [2.75, 3.05) is 11.9 Å². The van der Waals surface area contributed by atoms with Gasteiger partial charge < -0.3 is 4.74 Å². The average Bonchev–Trinajstić information content (AvgIpc) is 3.24. The summed E-state index contributed by atoms with van der Waals surface area (Å²) in [6.45, 7) is 4.17. The minimum atomic E-state index is -0.251. The van der Waals surface area contributed by atoms with E-state index in [4.69, 9.17) is 4.74 Å². The van der Waals surface area contributed by atoms with E-state index in [2.05, 4.69) is 29.4 Å². The number of carbonyl (C=O) groups is 1. The Morgan fingerprint density at radius 3 is 2.88 bits per heavy atom. The van der Waals surface area contributed by atoms with E-state index in [0.717, 1.165) is 9.88 Å². The number of thiophene rings is 1. The summed E-state index contributed by atoms with van der Waals surface area (Å²) in [5.41, 5.74) is 1.18. The van der Waals surface area contributed by atoms with Gasteiger partial charge in [0, 0.05) is 0 Å². The molecule has 0 bridgehead atoms. The van der Waals surface area contributed by atoms with Gasteiger partial charge in [0.1, 0.15) is 5.75 Å². The van der Waals surface area contributed by atoms with Crippen LogP contribution in [0.5, 0.6) is 5.75 Å². The predicted octanol–water partition coefficient (Wildman–Crippen LogP) is 4.41. The molecule has 2 aromatic heterocycles. The number of nitrogens with one attached hydrogen (secondary N) is 1. The largest absolute Gasteiger partial charge is 0.484 e. The van der Waals surface area contributed by atoms with E-state index >= 15 is 0 Å². The maximum Gasteiger partial charge on any atom is 0.264 e. The molecule has 0 fully saturated rings. The van der Waals surface area contributed by atoms with Gasteiger partial charge in [-0.3, -0.25) is 10.1 Å². The molecular formula is C17H17N3O2S2. The summed E-state index contributed by atoms with van der Waals surface area (Å²) in [5.74, 6) is 0.853. The Bertz CT molecular complexity index is 813. The lowest BCUT2D eigenvalue weighted by atomic mass is 10.0. The Balaban J connectivity index is 1.55. The van der Waals surface area contributed by atoms with Crippen LogP contribution in [-0.4, -0.2) is 22.7 Å². The number of amides is 1. The van der Waals surface area contributed by atoms with Gasteiger partial charge >= 0.3 is 0 Å². The maximum absolute atomic E-state index is 12.0. The van der Waals surface area contributed by atoms with Gasteiger partial charge in [0.15, 0.2) is 11.6 Å². The Morgan fingerprint density at radius 1 is 1.25 bits per heavy atom. The molecule has 0 aliphatic heterocycles. The fourth-order valence-corrected chi connectivity index (χ4v) is 3.59. The average molecular weight is 359 g/mol. The first kappa shape index (κ1) is 16.6. The second-order valence-corrected chi connectivity index (χ2v) is 7.38. The van der Waals surface area contributed by atoms with Crippen LogP contribution in [0, 0.1) is 0 Å². The number of aromatic nitrogens is 2. The summed E-state index contributed by atoms with van der Waals surface area (Å²) in [5, 5.41) is 14.0. The Hall–Kier alpha value is -2.25. The first-order valence-electron chi connectivity index (χ1n) is 7.52. The fourth-order valence-electron chi connectivity index (χ4n) is 2.04. The third-order valence-electron chi connectivity index (χ3n) is 3.30. The number of hydrogen-bond acceptors (Lipinski definition) is 6. The molecule has 0 aliphatic rings. The lowest BCUT2D eigenvalue weighted by molar-refractivity contribution is -0.118. The molecule has 0 radical (unpaired) electrons. The van der Waals surface area contributed by atoms with Crippen LogP contribution in [0.3, 0.4) is 0 Å². The van der Waals surface area contributed by atoms with E-state index in [1.165, 1.54) is 16.9 Å². The van der Waals surface area contributed by atoms with E-state index < -0.39 is 0 Å². The van der Waals surface area contributed by atoms with Crippen molar-refractivity contribution in [1.82, 2.24) is 10.2 Å². The topological polar surface area (TPSA) is 64.1 Å². The number of anilines is 1. The lowest BCUT2D eigenvalue weighted by Gasteiger charge is -2.09. The molecule has 1 aromatic carbocycles. The van der Waals surface area contributed by atoms with Gasteiger partial charge in [-0.2, -0.15) is 0 Å². The molecule has 0 spiro atoms. The summed E-state index contributed by atoms with van der Waals surface area (Å²) >= 11 is 2.94. The predicted molar refractivity (Wildman–Crippen MR) is 97.9 cm³/mol. The van der Waals surface area contributed by atoms with Crippen LogP contribution in [0.2, 0.25) is 0 Å². The summed E-state index contributed by atoms with van der Waals surface area (Å²) in [6, 6.07) is 11.7. The number of carbonyl (C=O) groups excluding carboxylic acids is 1. The number of rotatable bonds is 6. The van der Waals surface area contributed by atoms with Gasteiger partial charge in [0.25, 0.3) is 5.91 Å². The van der Waals surface area contributed by atoms with Crippen LogP contribution in [0.15, 0.2) is 41.8 Å². The van der Waals surface area contributed by atoms with E-state index in [0.29, 0.717) is 16.8 Å². The van der Waals surface area contributed by atoms with Crippen LogP contribution in [0.25, 0.3) is 9.88 Å². The minimum absolute atomic E-state index is 0.0601. The first-order chi connectivity index (χ1) is 11.6. The molecule has 0 aliphatic carbocycles. The molecule has 1 N–H and O–H groups in total.